The minimum Gasteiger partial charge on any atom is -0.493 e. The molecule has 0 aliphatic carbocycles. The third-order valence-corrected chi connectivity index (χ3v) is 4.37. The zero-order chi connectivity index (χ0) is 22.6. The van der Waals surface area contributed by atoms with Crippen molar-refractivity contribution in [3.8, 4) is 11.5 Å². The first kappa shape index (κ1) is 23.8. The molecule has 0 spiro atoms. The molecule has 0 atom stereocenters. The maximum absolute atomic E-state index is 13.2. The molecule has 164 valence electrons. The van der Waals surface area contributed by atoms with Crippen LogP contribution >= 0.6 is 15.9 Å². The Morgan fingerprint density at radius 1 is 1.00 bits per heavy atom. The van der Waals surface area contributed by atoms with E-state index in [1.165, 1.54) is 19.2 Å². The number of hydrazone groups is 1. The van der Waals surface area contributed by atoms with Gasteiger partial charge in [0.2, 0.25) is 0 Å². The highest BCUT2D eigenvalue weighted by atomic mass is 79.9. The van der Waals surface area contributed by atoms with Gasteiger partial charge in [-0.3, -0.25) is 0 Å². The fourth-order valence-electron chi connectivity index (χ4n) is 2.09. The van der Waals surface area contributed by atoms with E-state index in [0.29, 0.717) is 11.6 Å². The van der Waals surface area contributed by atoms with Gasteiger partial charge in [-0.05, 0) is 33.6 Å². The van der Waals surface area contributed by atoms with Crippen molar-refractivity contribution in [2.45, 2.75) is 24.8 Å². The second-order valence-corrected chi connectivity index (χ2v) is 6.67. The summed E-state index contributed by atoms with van der Waals surface area (Å²) in [5.74, 6) is -5.89. The van der Waals surface area contributed by atoms with Crippen LogP contribution in [0.1, 0.15) is 11.1 Å². The molecule has 2 rings (SSSR count). The Labute approximate surface area is 174 Å². The lowest BCUT2D eigenvalue weighted by atomic mass is 10.2. The van der Waals surface area contributed by atoms with E-state index in [1.807, 2.05) is 30.3 Å². The first-order chi connectivity index (χ1) is 13.9. The first-order valence-electron chi connectivity index (χ1n) is 8.06. The van der Waals surface area contributed by atoms with Crippen LogP contribution in [-0.4, -0.2) is 31.5 Å². The Bertz CT molecular complexity index is 890. The number of rotatable bonds is 8. The van der Waals surface area contributed by atoms with Gasteiger partial charge in [-0.2, -0.15) is 35.8 Å². The average Bonchev–Trinajstić information content (AvgIpc) is 2.67. The lowest BCUT2D eigenvalue weighted by molar-refractivity contribution is -0.361. The molecule has 2 aromatic carbocycles. The molecule has 0 bridgehead atoms. The monoisotopic (exact) mass is 502 g/mol. The number of hydrogen-bond donors (Lipinski definition) is 1. The van der Waals surface area contributed by atoms with Crippen LogP contribution in [-0.2, 0) is 6.61 Å². The molecule has 0 aliphatic rings. The Balaban J connectivity index is 2.16. The number of halogens is 8. The lowest BCUT2D eigenvalue weighted by Gasteiger charge is -2.27. The zero-order valence-corrected chi connectivity index (χ0v) is 16.7. The second kappa shape index (κ2) is 9.11. The summed E-state index contributed by atoms with van der Waals surface area (Å²) in [7, 11) is 1.30. The van der Waals surface area contributed by atoms with Crippen molar-refractivity contribution in [1.82, 2.24) is 5.43 Å². The Kier molecular flexibility index (Phi) is 7.22. The summed E-state index contributed by atoms with van der Waals surface area (Å²) in [4.78, 5) is 0. The zero-order valence-electron chi connectivity index (χ0n) is 15.1. The number of ether oxygens (including phenoxy) is 2. The third-order valence-electron chi connectivity index (χ3n) is 3.68. The molecule has 0 unspecified atom stereocenters. The molecule has 0 heterocycles. The summed E-state index contributed by atoms with van der Waals surface area (Å²) >= 11 is 3.12. The summed E-state index contributed by atoms with van der Waals surface area (Å²) in [5, 5.41) is 2.82. The standard InChI is InChI=1S/C18H14BrF7N2O2/c1-29-14-7-12(9-27-28-18(25,26)16(20,21)17(22,23)24)13(19)8-15(14)30-10-11-5-3-2-4-6-11/h2-9,28H,10H2,1H3/b27-9+. The summed E-state index contributed by atoms with van der Waals surface area (Å²) < 4.78 is 99.5. The van der Waals surface area contributed by atoms with Crippen LogP contribution in [0.15, 0.2) is 52.0 Å². The van der Waals surface area contributed by atoms with Gasteiger partial charge < -0.3 is 9.47 Å². The Morgan fingerprint density at radius 3 is 2.20 bits per heavy atom. The van der Waals surface area contributed by atoms with E-state index in [0.717, 1.165) is 5.56 Å². The van der Waals surface area contributed by atoms with E-state index >= 15 is 0 Å². The topological polar surface area (TPSA) is 42.8 Å². The van der Waals surface area contributed by atoms with Gasteiger partial charge in [0, 0.05) is 10.0 Å². The van der Waals surface area contributed by atoms with E-state index < -0.39 is 18.1 Å². The Hall–Kier alpha value is -2.50. The van der Waals surface area contributed by atoms with Crippen molar-refractivity contribution < 1.29 is 40.2 Å². The predicted molar refractivity (Wildman–Crippen MR) is 98.1 cm³/mol. The van der Waals surface area contributed by atoms with Gasteiger partial charge in [0.05, 0.1) is 13.3 Å². The molecule has 0 saturated carbocycles. The lowest BCUT2D eigenvalue weighted by Crippen LogP contribution is -2.58. The molecule has 30 heavy (non-hydrogen) atoms. The van der Waals surface area contributed by atoms with Crippen molar-refractivity contribution in [3.05, 3.63) is 58.1 Å². The number of nitrogens with one attached hydrogen (secondary N) is 1. The maximum atomic E-state index is 13.2. The second-order valence-electron chi connectivity index (χ2n) is 5.82. The molecule has 12 heteroatoms. The van der Waals surface area contributed by atoms with Crippen molar-refractivity contribution in [1.29, 1.82) is 0 Å². The highest BCUT2D eigenvalue weighted by molar-refractivity contribution is 9.10. The molecule has 1 N–H and O–H groups in total. The van der Waals surface area contributed by atoms with Gasteiger partial charge in [-0.1, -0.05) is 30.3 Å². The Morgan fingerprint density at radius 2 is 1.63 bits per heavy atom. The van der Waals surface area contributed by atoms with Crippen LogP contribution in [0.2, 0.25) is 0 Å². The van der Waals surface area contributed by atoms with Gasteiger partial charge in [0.25, 0.3) is 0 Å². The largest absolute Gasteiger partial charge is 0.493 e. The van der Waals surface area contributed by atoms with Crippen molar-refractivity contribution in [2.75, 3.05) is 7.11 Å². The van der Waals surface area contributed by atoms with Gasteiger partial charge in [0.1, 0.15) is 6.61 Å². The van der Waals surface area contributed by atoms with E-state index in [1.54, 1.807) is 0 Å². The number of hydrogen-bond acceptors (Lipinski definition) is 4. The van der Waals surface area contributed by atoms with E-state index in [4.69, 9.17) is 9.47 Å². The van der Waals surface area contributed by atoms with Crippen molar-refractivity contribution >= 4 is 22.1 Å². The number of nitrogens with zero attached hydrogens (tertiary/aromatic N) is 1. The molecular formula is C18H14BrF7N2O2. The molecule has 0 aromatic heterocycles. The molecule has 0 aliphatic heterocycles. The van der Waals surface area contributed by atoms with Crippen molar-refractivity contribution in [3.63, 3.8) is 0 Å². The molecule has 0 amide bonds. The molecule has 0 fully saturated rings. The van der Waals surface area contributed by atoms with Gasteiger partial charge >= 0.3 is 18.1 Å². The van der Waals surface area contributed by atoms with Crippen molar-refractivity contribution in [2.24, 2.45) is 5.10 Å². The maximum Gasteiger partial charge on any atom is 0.462 e. The summed E-state index contributed by atoms with van der Waals surface area (Å²) in [6, 6.07) is 6.14. The van der Waals surface area contributed by atoms with Crippen LogP contribution in [0.3, 0.4) is 0 Å². The van der Waals surface area contributed by atoms with Crippen LogP contribution < -0.4 is 14.9 Å². The number of methoxy groups -OCH3 is 1. The highest BCUT2D eigenvalue weighted by Crippen LogP contribution is 2.45. The number of alkyl halides is 7. The molecule has 0 radical (unpaired) electrons. The van der Waals surface area contributed by atoms with Crippen LogP contribution in [0.5, 0.6) is 11.5 Å². The fourth-order valence-corrected chi connectivity index (χ4v) is 2.51. The molecule has 0 saturated heterocycles. The summed E-state index contributed by atoms with van der Waals surface area (Å²) in [5.41, 5.74) is 1.47. The minimum absolute atomic E-state index is 0.0533. The highest BCUT2D eigenvalue weighted by Gasteiger charge is 2.73. The first-order valence-corrected chi connectivity index (χ1v) is 8.85. The average molecular weight is 503 g/mol. The van der Waals surface area contributed by atoms with Crippen LogP contribution in [0.4, 0.5) is 30.7 Å². The molecule has 2 aromatic rings. The molecule has 4 nitrogen and oxygen atoms in total. The normalized spacial score (nSPS) is 12.8. The minimum atomic E-state index is -6.46. The fraction of sp³-hybridized carbons (Fsp3) is 0.278. The molecular weight excluding hydrogens is 489 g/mol. The SMILES string of the molecule is COc1cc(/C=N/NC(F)(F)C(F)(F)C(F)(F)F)c(Br)cc1OCc1ccccc1. The quantitative estimate of drug-likeness (QED) is 0.216. The van der Waals surface area contributed by atoms with E-state index in [2.05, 4.69) is 21.0 Å². The van der Waals surface area contributed by atoms with E-state index in [-0.39, 0.29) is 28.1 Å². The van der Waals surface area contributed by atoms with Crippen LogP contribution in [0, 0.1) is 0 Å². The third kappa shape index (κ3) is 5.35. The number of benzene rings is 2. The van der Waals surface area contributed by atoms with Gasteiger partial charge in [-0.15, -0.1) is 0 Å². The van der Waals surface area contributed by atoms with Gasteiger partial charge in [-0.25, -0.2) is 5.43 Å². The van der Waals surface area contributed by atoms with Gasteiger partial charge in [0.15, 0.2) is 11.5 Å². The summed E-state index contributed by atoms with van der Waals surface area (Å²) in [6.45, 7) is 0.192. The van der Waals surface area contributed by atoms with Crippen LogP contribution in [0.25, 0.3) is 0 Å². The smallest absolute Gasteiger partial charge is 0.462 e. The summed E-state index contributed by atoms with van der Waals surface area (Å²) in [6.07, 6.45) is -5.82. The predicted octanol–water partition coefficient (Wildman–Crippen LogP) is 5.75. The van der Waals surface area contributed by atoms with E-state index in [9.17, 15) is 30.7 Å².